The first kappa shape index (κ1) is 18.7. The molecule has 0 bridgehead atoms. The molecule has 2 aliphatic rings. The molecule has 0 radical (unpaired) electrons. The van der Waals surface area contributed by atoms with Crippen LogP contribution in [0.4, 0.5) is 11.4 Å². The molecule has 1 fully saturated rings. The molecule has 0 saturated heterocycles. The third-order valence-corrected chi connectivity index (χ3v) is 5.93. The van der Waals surface area contributed by atoms with E-state index >= 15 is 0 Å². The Balaban J connectivity index is 1.40. The van der Waals surface area contributed by atoms with E-state index in [1.807, 2.05) is 47.4 Å². The standard InChI is InChI=1S/C23H27N3O2/c24-23(13-3-4-14-23)22(28)25-19-11-9-17(10-12-19)16-21(27)26-15-5-7-18-6-1-2-8-20(18)26/h1-2,6,8-12H,3-5,7,13-16,24H2,(H,25,28). The number of carbonyl (C=O) groups excluding carboxylic acids is 2. The topological polar surface area (TPSA) is 75.4 Å². The van der Waals surface area contributed by atoms with Gasteiger partial charge in [0.15, 0.2) is 0 Å². The minimum atomic E-state index is -0.740. The van der Waals surface area contributed by atoms with E-state index in [0.29, 0.717) is 6.42 Å². The Kier molecular flexibility index (Phi) is 5.18. The SMILES string of the molecule is NC1(C(=O)Nc2ccc(CC(=O)N3CCCc4ccccc43)cc2)CCCC1. The van der Waals surface area contributed by atoms with Crippen LogP contribution in [0.25, 0.3) is 0 Å². The number of para-hydroxylation sites is 1. The fraction of sp³-hybridized carbons (Fsp3) is 0.391. The van der Waals surface area contributed by atoms with Crippen molar-refractivity contribution in [2.45, 2.75) is 50.5 Å². The molecule has 0 aromatic heterocycles. The van der Waals surface area contributed by atoms with Gasteiger partial charge in [-0.25, -0.2) is 0 Å². The van der Waals surface area contributed by atoms with E-state index in [2.05, 4.69) is 11.4 Å². The minimum absolute atomic E-state index is 0.107. The lowest BCUT2D eigenvalue weighted by Gasteiger charge is -2.29. The molecule has 4 rings (SSSR count). The zero-order valence-electron chi connectivity index (χ0n) is 16.1. The second kappa shape index (κ2) is 7.76. The minimum Gasteiger partial charge on any atom is -0.324 e. The normalized spacial score (nSPS) is 17.8. The highest BCUT2D eigenvalue weighted by Crippen LogP contribution is 2.29. The molecule has 146 valence electrons. The Bertz CT molecular complexity index is 870. The van der Waals surface area contributed by atoms with Crippen LogP contribution < -0.4 is 16.0 Å². The number of benzene rings is 2. The molecular weight excluding hydrogens is 350 g/mol. The van der Waals surface area contributed by atoms with E-state index in [1.54, 1.807) is 0 Å². The summed E-state index contributed by atoms with van der Waals surface area (Å²) in [7, 11) is 0. The second-order valence-electron chi connectivity index (χ2n) is 7.97. The fourth-order valence-electron chi connectivity index (χ4n) is 4.26. The van der Waals surface area contributed by atoms with Crippen LogP contribution in [-0.2, 0) is 22.4 Å². The van der Waals surface area contributed by atoms with E-state index < -0.39 is 5.54 Å². The van der Waals surface area contributed by atoms with Gasteiger partial charge < -0.3 is 16.0 Å². The van der Waals surface area contributed by atoms with Crippen molar-refractivity contribution in [3.05, 3.63) is 59.7 Å². The number of aryl methyl sites for hydroxylation is 1. The van der Waals surface area contributed by atoms with Crippen molar-refractivity contribution in [3.8, 4) is 0 Å². The molecule has 2 amide bonds. The van der Waals surface area contributed by atoms with Gasteiger partial charge >= 0.3 is 0 Å². The first-order valence-corrected chi connectivity index (χ1v) is 10.1. The van der Waals surface area contributed by atoms with Gasteiger partial charge in [-0.2, -0.15) is 0 Å². The Labute approximate surface area is 165 Å². The van der Waals surface area contributed by atoms with Crippen LogP contribution in [0.15, 0.2) is 48.5 Å². The lowest BCUT2D eigenvalue weighted by atomic mass is 9.98. The maximum absolute atomic E-state index is 12.8. The molecule has 0 unspecified atom stereocenters. The molecule has 2 aromatic rings. The number of nitrogens with one attached hydrogen (secondary N) is 1. The number of hydrogen-bond acceptors (Lipinski definition) is 3. The summed E-state index contributed by atoms with van der Waals surface area (Å²) < 4.78 is 0. The average Bonchev–Trinajstić information content (AvgIpc) is 3.17. The third kappa shape index (κ3) is 3.80. The van der Waals surface area contributed by atoms with Crippen molar-refractivity contribution in [3.63, 3.8) is 0 Å². The van der Waals surface area contributed by atoms with E-state index in [1.165, 1.54) is 5.56 Å². The summed E-state index contributed by atoms with van der Waals surface area (Å²) in [6, 6.07) is 15.6. The molecular formula is C23H27N3O2. The van der Waals surface area contributed by atoms with Gasteiger partial charge in [-0.05, 0) is 55.0 Å². The van der Waals surface area contributed by atoms with Crippen molar-refractivity contribution in [1.29, 1.82) is 0 Å². The smallest absolute Gasteiger partial charge is 0.244 e. The highest BCUT2D eigenvalue weighted by molar-refractivity contribution is 5.98. The molecule has 0 atom stereocenters. The Morgan fingerprint density at radius 2 is 1.71 bits per heavy atom. The van der Waals surface area contributed by atoms with E-state index in [0.717, 1.165) is 62.0 Å². The van der Waals surface area contributed by atoms with Crippen molar-refractivity contribution in [1.82, 2.24) is 0 Å². The first-order valence-electron chi connectivity index (χ1n) is 10.1. The third-order valence-electron chi connectivity index (χ3n) is 5.93. The van der Waals surface area contributed by atoms with Gasteiger partial charge in [-0.15, -0.1) is 0 Å². The van der Waals surface area contributed by atoms with Gasteiger partial charge in [0.2, 0.25) is 11.8 Å². The van der Waals surface area contributed by atoms with E-state index in [9.17, 15) is 9.59 Å². The van der Waals surface area contributed by atoms with Gasteiger partial charge in [-0.3, -0.25) is 9.59 Å². The molecule has 1 saturated carbocycles. The maximum atomic E-state index is 12.8. The van der Waals surface area contributed by atoms with Gasteiger partial charge in [0.05, 0.1) is 12.0 Å². The van der Waals surface area contributed by atoms with Crippen molar-refractivity contribution in [2.75, 3.05) is 16.8 Å². The highest BCUT2D eigenvalue weighted by atomic mass is 16.2. The Morgan fingerprint density at radius 1 is 1.00 bits per heavy atom. The van der Waals surface area contributed by atoms with Gasteiger partial charge in [0.1, 0.15) is 0 Å². The average molecular weight is 377 g/mol. The number of anilines is 2. The van der Waals surface area contributed by atoms with E-state index in [4.69, 9.17) is 5.73 Å². The summed E-state index contributed by atoms with van der Waals surface area (Å²) in [5.74, 6) is -0.00504. The van der Waals surface area contributed by atoms with Crippen LogP contribution in [0.3, 0.4) is 0 Å². The Morgan fingerprint density at radius 3 is 2.46 bits per heavy atom. The number of nitrogens with two attached hydrogens (primary N) is 1. The monoisotopic (exact) mass is 377 g/mol. The summed E-state index contributed by atoms with van der Waals surface area (Å²) in [5, 5.41) is 2.92. The molecule has 3 N–H and O–H groups in total. The van der Waals surface area contributed by atoms with Crippen LogP contribution >= 0.6 is 0 Å². The number of hydrogen-bond donors (Lipinski definition) is 2. The summed E-state index contributed by atoms with van der Waals surface area (Å²) in [6.45, 7) is 0.766. The van der Waals surface area contributed by atoms with Crippen molar-refractivity contribution >= 4 is 23.2 Å². The van der Waals surface area contributed by atoms with Gasteiger partial charge in [0.25, 0.3) is 0 Å². The lowest BCUT2D eigenvalue weighted by molar-refractivity contribution is -0.121. The number of rotatable bonds is 4. The Hall–Kier alpha value is -2.66. The predicted molar refractivity (Wildman–Crippen MR) is 111 cm³/mol. The molecule has 1 aliphatic heterocycles. The largest absolute Gasteiger partial charge is 0.324 e. The van der Waals surface area contributed by atoms with Gasteiger partial charge in [-0.1, -0.05) is 43.2 Å². The zero-order valence-corrected chi connectivity index (χ0v) is 16.1. The summed E-state index contributed by atoms with van der Waals surface area (Å²) in [4.78, 5) is 27.2. The van der Waals surface area contributed by atoms with Crippen molar-refractivity contribution in [2.24, 2.45) is 5.73 Å². The van der Waals surface area contributed by atoms with Crippen LogP contribution in [0.2, 0.25) is 0 Å². The number of fused-ring (bicyclic) bond motifs is 1. The summed E-state index contributed by atoms with van der Waals surface area (Å²) >= 11 is 0. The molecule has 1 heterocycles. The lowest BCUT2D eigenvalue weighted by Crippen LogP contribution is -2.48. The van der Waals surface area contributed by atoms with Crippen molar-refractivity contribution < 1.29 is 9.59 Å². The number of carbonyl (C=O) groups is 2. The molecule has 5 heteroatoms. The van der Waals surface area contributed by atoms with Crippen LogP contribution in [0, 0.1) is 0 Å². The van der Waals surface area contributed by atoms with Crippen LogP contribution in [0.5, 0.6) is 0 Å². The second-order valence-corrected chi connectivity index (χ2v) is 7.97. The fourth-order valence-corrected chi connectivity index (χ4v) is 4.26. The zero-order chi connectivity index (χ0) is 19.6. The first-order chi connectivity index (χ1) is 13.5. The maximum Gasteiger partial charge on any atom is 0.244 e. The van der Waals surface area contributed by atoms with Crippen LogP contribution in [0.1, 0.15) is 43.2 Å². The molecule has 0 spiro atoms. The summed E-state index contributed by atoms with van der Waals surface area (Å²) in [6.07, 6.45) is 5.86. The quantitative estimate of drug-likeness (QED) is 0.857. The molecule has 1 aliphatic carbocycles. The van der Waals surface area contributed by atoms with Gasteiger partial charge in [0, 0.05) is 17.9 Å². The molecule has 5 nitrogen and oxygen atoms in total. The highest BCUT2D eigenvalue weighted by Gasteiger charge is 2.36. The summed E-state index contributed by atoms with van der Waals surface area (Å²) in [5.41, 5.74) is 9.40. The predicted octanol–water partition coefficient (Wildman–Crippen LogP) is 3.42. The van der Waals surface area contributed by atoms with Crippen LogP contribution in [-0.4, -0.2) is 23.9 Å². The molecule has 28 heavy (non-hydrogen) atoms. The van der Waals surface area contributed by atoms with E-state index in [-0.39, 0.29) is 11.8 Å². The molecule has 2 aromatic carbocycles. The number of nitrogens with zero attached hydrogens (tertiary/aromatic N) is 1. The number of amides is 2.